The number of hydrogen-bond acceptors (Lipinski definition) is 5. The third-order valence-electron chi connectivity index (χ3n) is 2.79. The first-order valence-corrected chi connectivity index (χ1v) is 5.36. The molecule has 1 aliphatic rings. The van der Waals surface area contributed by atoms with Gasteiger partial charge in [0.05, 0.1) is 12.1 Å². The molecule has 19 heavy (non-hydrogen) atoms. The van der Waals surface area contributed by atoms with Gasteiger partial charge in [0.2, 0.25) is 0 Å². The van der Waals surface area contributed by atoms with E-state index in [1.54, 1.807) is 36.4 Å². The molecule has 2 rings (SSSR count). The van der Waals surface area contributed by atoms with Gasteiger partial charge in [-0.3, -0.25) is 0 Å². The van der Waals surface area contributed by atoms with Crippen LogP contribution in [0.1, 0.15) is 17.2 Å². The van der Waals surface area contributed by atoms with E-state index in [0.717, 1.165) is 0 Å². The molecule has 1 heterocycles. The van der Waals surface area contributed by atoms with Gasteiger partial charge >= 0.3 is 0 Å². The predicted octanol–water partition coefficient (Wildman–Crippen LogP) is 2.18. The molecule has 5 heteroatoms. The lowest BCUT2D eigenvalue weighted by molar-refractivity contribution is 0.167. The molecule has 5 nitrogen and oxygen atoms in total. The number of rotatable bonds is 1. The van der Waals surface area contributed by atoms with E-state index in [1.165, 1.54) is 0 Å². The summed E-state index contributed by atoms with van der Waals surface area (Å²) in [7, 11) is 0. The highest BCUT2D eigenvalue weighted by molar-refractivity contribution is 5.75. The highest BCUT2D eigenvalue weighted by atomic mass is 16.5. The minimum atomic E-state index is -0.989. The van der Waals surface area contributed by atoms with Crippen LogP contribution in [0.2, 0.25) is 0 Å². The molecule has 0 bridgehead atoms. The second-order valence-electron chi connectivity index (χ2n) is 3.79. The first-order chi connectivity index (χ1) is 9.26. The number of allylic oxidation sites excluding steroid dienone is 1. The second kappa shape index (κ2) is 4.92. The molecule has 1 aromatic carbocycles. The number of nitriles is 4. The summed E-state index contributed by atoms with van der Waals surface area (Å²) in [4.78, 5) is 0. The van der Waals surface area contributed by atoms with Gasteiger partial charge in [-0.1, -0.05) is 24.3 Å². The van der Waals surface area contributed by atoms with Crippen LogP contribution in [0.25, 0.3) is 5.76 Å². The van der Waals surface area contributed by atoms with Crippen molar-refractivity contribution in [1.29, 1.82) is 21.0 Å². The van der Waals surface area contributed by atoms with Crippen LogP contribution in [0.3, 0.4) is 0 Å². The molecule has 0 N–H and O–H groups in total. The summed E-state index contributed by atoms with van der Waals surface area (Å²) >= 11 is 0. The van der Waals surface area contributed by atoms with Gasteiger partial charge in [-0.2, -0.15) is 21.0 Å². The Balaban J connectivity index is 2.63. The number of fused-ring (bicyclic) bond motifs is 1. The minimum absolute atomic E-state index is 0.140. The van der Waals surface area contributed by atoms with Crippen molar-refractivity contribution in [1.82, 2.24) is 0 Å². The van der Waals surface area contributed by atoms with Gasteiger partial charge in [0.1, 0.15) is 12.1 Å². The average Bonchev–Trinajstić information content (AvgIpc) is 2.82. The second-order valence-corrected chi connectivity index (χ2v) is 3.79. The topological polar surface area (TPSA) is 104 Å². The first-order valence-electron chi connectivity index (χ1n) is 5.36. The van der Waals surface area contributed by atoms with E-state index in [2.05, 4.69) is 0 Å². The van der Waals surface area contributed by atoms with Crippen LogP contribution >= 0.6 is 0 Å². The average molecular weight is 246 g/mol. The Kier molecular flexibility index (Phi) is 3.16. The SMILES string of the molecule is N#CC(C#N)=C1O[C@@H](C(C#N)C#N)c2ccccc21. The first kappa shape index (κ1) is 12.2. The molecule has 0 aliphatic carbocycles. The van der Waals surface area contributed by atoms with Crippen molar-refractivity contribution in [2.24, 2.45) is 5.92 Å². The molecule has 0 saturated heterocycles. The molecule has 0 unspecified atom stereocenters. The van der Waals surface area contributed by atoms with E-state index < -0.39 is 12.0 Å². The molecule has 0 spiro atoms. The van der Waals surface area contributed by atoms with Crippen molar-refractivity contribution in [3.05, 3.63) is 41.0 Å². The predicted molar refractivity (Wildman–Crippen MR) is 63.1 cm³/mol. The highest BCUT2D eigenvalue weighted by Gasteiger charge is 2.36. The largest absolute Gasteiger partial charge is 0.480 e. The number of ether oxygens (including phenoxy) is 1. The maximum absolute atomic E-state index is 8.95. The van der Waals surface area contributed by atoms with Crippen LogP contribution in [-0.2, 0) is 4.74 Å². The van der Waals surface area contributed by atoms with Crippen molar-refractivity contribution in [3.63, 3.8) is 0 Å². The zero-order chi connectivity index (χ0) is 13.8. The highest BCUT2D eigenvalue weighted by Crippen LogP contribution is 2.43. The summed E-state index contributed by atoms with van der Waals surface area (Å²) in [6.45, 7) is 0. The van der Waals surface area contributed by atoms with Crippen LogP contribution < -0.4 is 0 Å². The van der Waals surface area contributed by atoms with E-state index in [-0.39, 0.29) is 11.3 Å². The summed E-state index contributed by atoms with van der Waals surface area (Å²) in [6.07, 6.45) is -0.766. The third kappa shape index (κ3) is 1.87. The molecule has 0 fully saturated rings. The van der Waals surface area contributed by atoms with Crippen molar-refractivity contribution in [3.8, 4) is 24.3 Å². The van der Waals surface area contributed by atoms with Gasteiger partial charge in [-0.25, -0.2) is 0 Å². The van der Waals surface area contributed by atoms with E-state index >= 15 is 0 Å². The Morgan fingerprint density at radius 1 is 1.05 bits per heavy atom. The fourth-order valence-corrected chi connectivity index (χ4v) is 1.94. The third-order valence-corrected chi connectivity index (χ3v) is 2.79. The summed E-state index contributed by atoms with van der Waals surface area (Å²) in [5.74, 6) is -0.849. The number of hydrogen-bond donors (Lipinski definition) is 0. The quantitative estimate of drug-likeness (QED) is 0.706. The van der Waals surface area contributed by atoms with Crippen molar-refractivity contribution in [2.75, 3.05) is 0 Å². The van der Waals surface area contributed by atoms with Crippen LogP contribution in [0.5, 0.6) is 0 Å². The molecule has 0 amide bonds. The van der Waals surface area contributed by atoms with Gasteiger partial charge in [0.25, 0.3) is 0 Å². The van der Waals surface area contributed by atoms with E-state index in [9.17, 15) is 0 Å². The molecule has 0 saturated carbocycles. The van der Waals surface area contributed by atoms with Gasteiger partial charge in [0, 0.05) is 11.1 Å². The molecule has 1 atom stereocenters. The summed E-state index contributed by atoms with van der Waals surface area (Å²) in [5, 5.41) is 35.7. The summed E-state index contributed by atoms with van der Waals surface area (Å²) in [6, 6.07) is 14.1. The van der Waals surface area contributed by atoms with E-state index in [1.807, 2.05) is 12.1 Å². The number of nitrogens with zero attached hydrogens (tertiary/aromatic N) is 4. The van der Waals surface area contributed by atoms with Crippen LogP contribution in [0.15, 0.2) is 29.8 Å². The van der Waals surface area contributed by atoms with Gasteiger partial charge in [0.15, 0.2) is 23.4 Å². The minimum Gasteiger partial charge on any atom is -0.480 e. The molecule has 0 radical (unpaired) electrons. The maximum Gasteiger partial charge on any atom is 0.174 e. The zero-order valence-corrected chi connectivity index (χ0v) is 9.66. The smallest absolute Gasteiger partial charge is 0.174 e. The maximum atomic E-state index is 8.95. The van der Waals surface area contributed by atoms with Crippen molar-refractivity contribution in [2.45, 2.75) is 6.10 Å². The summed E-state index contributed by atoms with van der Waals surface area (Å²) < 4.78 is 5.51. The Labute approximate surface area is 109 Å². The lowest BCUT2D eigenvalue weighted by Gasteiger charge is -2.11. The lowest BCUT2D eigenvalue weighted by Crippen LogP contribution is -2.07. The number of benzene rings is 1. The Morgan fingerprint density at radius 3 is 2.26 bits per heavy atom. The van der Waals surface area contributed by atoms with E-state index in [0.29, 0.717) is 11.1 Å². The fourth-order valence-electron chi connectivity index (χ4n) is 1.94. The molecule has 88 valence electrons. The van der Waals surface area contributed by atoms with Gasteiger partial charge in [-0.05, 0) is 0 Å². The molecule has 1 aromatic rings. The van der Waals surface area contributed by atoms with Crippen LogP contribution in [0, 0.1) is 51.2 Å². The normalized spacial score (nSPS) is 15.4. The van der Waals surface area contributed by atoms with E-state index in [4.69, 9.17) is 25.8 Å². The van der Waals surface area contributed by atoms with Crippen molar-refractivity contribution < 1.29 is 4.74 Å². The standard InChI is InChI=1S/C14H6N4O/c15-5-9(6-16)13-11-3-1-2-4-12(11)14(19-13)10(7-17)8-18/h1-4,9,13H/t13-/m0/s1. The van der Waals surface area contributed by atoms with Gasteiger partial charge in [-0.15, -0.1) is 0 Å². The fraction of sp³-hybridized carbons (Fsp3) is 0.143. The monoisotopic (exact) mass is 246 g/mol. The molecular formula is C14H6N4O. The summed E-state index contributed by atoms with van der Waals surface area (Å²) in [5.41, 5.74) is 1.07. The van der Waals surface area contributed by atoms with Crippen LogP contribution in [-0.4, -0.2) is 0 Å². The lowest BCUT2D eigenvalue weighted by atomic mass is 9.95. The van der Waals surface area contributed by atoms with Crippen LogP contribution in [0.4, 0.5) is 0 Å². The molecule has 1 aliphatic heterocycles. The molecule has 0 aromatic heterocycles. The van der Waals surface area contributed by atoms with Gasteiger partial charge < -0.3 is 4.74 Å². The molecular weight excluding hydrogens is 240 g/mol. The Morgan fingerprint density at radius 2 is 1.68 bits per heavy atom. The zero-order valence-electron chi connectivity index (χ0n) is 9.66. The van der Waals surface area contributed by atoms with Crippen molar-refractivity contribution >= 4 is 5.76 Å². The Bertz CT molecular complexity index is 692. The Hall–Kier alpha value is -3.28.